The summed E-state index contributed by atoms with van der Waals surface area (Å²) in [6, 6.07) is 62.3. The largest absolute Gasteiger partial charge is 0.460 e. The Hall–Kier alpha value is -8.44. The summed E-state index contributed by atoms with van der Waals surface area (Å²) in [7, 11) is 0. The first-order valence-corrected chi connectivity index (χ1v) is 25.7. The molecule has 13 rings (SSSR count). The Kier molecular flexibility index (Phi) is 11.1. The molecule has 0 saturated carbocycles. The Labute approximate surface area is 471 Å². The van der Waals surface area contributed by atoms with Crippen molar-refractivity contribution >= 4 is 43.8 Å². The van der Waals surface area contributed by atoms with Gasteiger partial charge in [-0.2, -0.15) is 29.8 Å². The number of furan rings is 1. The van der Waals surface area contributed by atoms with Gasteiger partial charge in [0.1, 0.15) is 0 Å². The van der Waals surface area contributed by atoms with Crippen LogP contribution in [0.4, 0.5) is 0 Å². The Morgan fingerprint density at radius 2 is 1.27 bits per heavy atom. The van der Waals surface area contributed by atoms with E-state index in [4.69, 9.17) is 21.2 Å². The summed E-state index contributed by atoms with van der Waals surface area (Å²) in [5, 5.41) is 3.12. The first-order valence-electron chi connectivity index (χ1n) is 28.2. The number of fused-ring (bicyclic) bond motifs is 5. The summed E-state index contributed by atoms with van der Waals surface area (Å²) in [6.45, 7) is 13.1. The smallest absolute Gasteiger partial charge is 0.267 e. The molecule has 0 fully saturated rings. The van der Waals surface area contributed by atoms with E-state index in [1.807, 2.05) is 65.5 Å². The molecule has 0 bridgehead atoms. The van der Waals surface area contributed by atoms with Crippen LogP contribution in [0.5, 0.6) is 0 Å². The quantitative estimate of drug-likeness (QED) is 0.107. The van der Waals surface area contributed by atoms with Crippen molar-refractivity contribution in [3.8, 4) is 61.7 Å². The van der Waals surface area contributed by atoms with Gasteiger partial charge in [0.25, 0.3) is 6.33 Å². The fourth-order valence-electron chi connectivity index (χ4n) is 10.6. The molecule has 13 aromatic rings. The third-order valence-corrected chi connectivity index (χ3v) is 14.5. The van der Waals surface area contributed by atoms with Crippen molar-refractivity contribution in [1.29, 1.82) is 0 Å². The van der Waals surface area contributed by atoms with Crippen LogP contribution in [0.3, 0.4) is 0 Å². The SMILES string of the molecule is [2H]c1c([2H])c([2H])c(-c2cc(-c3cccc(-c4cccc(-c5ccc(C(C)(C)C)cc5)c4)c3-[n+]3[c-]n(-c4[c-]c(Cc5[c-]c6c(cc5)c5ccccc5n6-c5nccc6ccoc56)ncc4)c4ccccc43)cc(C(C)(C)C)c2)c([2H])c1[2H].[Pt]. The van der Waals surface area contributed by atoms with Crippen molar-refractivity contribution in [2.24, 2.45) is 0 Å². The second kappa shape index (κ2) is 19.6. The third-order valence-electron chi connectivity index (χ3n) is 14.5. The fourth-order valence-corrected chi connectivity index (χ4v) is 10.6. The molecule has 8 aromatic carbocycles. The minimum Gasteiger partial charge on any atom is -0.460 e. The molecule has 0 unspecified atom stereocenters. The van der Waals surface area contributed by atoms with Crippen molar-refractivity contribution in [1.82, 2.24) is 19.1 Å². The van der Waals surface area contributed by atoms with Crippen LogP contribution in [-0.2, 0) is 38.3 Å². The average molecular weight is 1180 g/mol. The first-order chi connectivity index (χ1) is 39.0. The molecule has 378 valence electrons. The number of aromatic nitrogens is 5. The Bertz CT molecular complexity index is 4630. The zero-order valence-electron chi connectivity index (χ0n) is 48.5. The van der Waals surface area contributed by atoms with E-state index in [2.05, 4.69) is 184 Å². The van der Waals surface area contributed by atoms with Crippen LogP contribution in [0.15, 0.2) is 217 Å². The van der Waals surface area contributed by atoms with Crippen molar-refractivity contribution in [2.75, 3.05) is 0 Å². The van der Waals surface area contributed by atoms with Crippen LogP contribution in [0.25, 0.3) is 106 Å². The molecule has 77 heavy (non-hydrogen) atoms. The summed E-state index contributed by atoms with van der Waals surface area (Å²) in [5.41, 5.74) is 15.9. The minimum atomic E-state index is -0.428. The number of pyridine rings is 2. The van der Waals surface area contributed by atoms with Gasteiger partial charge in [0.05, 0.1) is 29.8 Å². The van der Waals surface area contributed by atoms with Gasteiger partial charge < -0.3 is 18.5 Å². The molecule has 0 spiro atoms. The minimum absolute atomic E-state index is 0. The van der Waals surface area contributed by atoms with E-state index in [0.717, 1.165) is 99.8 Å². The molecule has 5 heterocycles. The van der Waals surface area contributed by atoms with Crippen molar-refractivity contribution in [3.05, 3.63) is 254 Å². The summed E-state index contributed by atoms with van der Waals surface area (Å²) in [6.07, 6.45) is 9.61. The molecule has 0 N–H and O–H groups in total. The first kappa shape index (κ1) is 43.8. The Morgan fingerprint density at radius 3 is 2.08 bits per heavy atom. The van der Waals surface area contributed by atoms with Crippen LogP contribution in [0.2, 0.25) is 0 Å². The second-order valence-corrected chi connectivity index (χ2v) is 21.6. The molecule has 0 radical (unpaired) electrons. The summed E-state index contributed by atoms with van der Waals surface area (Å²) >= 11 is 0. The monoisotopic (exact) mass is 1180 g/mol. The number of hydrogen-bond acceptors (Lipinski definition) is 3. The van der Waals surface area contributed by atoms with Crippen molar-refractivity contribution in [3.63, 3.8) is 0 Å². The van der Waals surface area contributed by atoms with Gasteiger partial charge in [-0.25, -0.2) is 11.1 Å². The second-order valence-electron chi connectivity index (χ2n) is 21.6. The van der Waals surface area contributed by atoms with Gasteiger partial charge in [0.2, 0.25) is 0 Å². The van der Waals surface area contributed by atoms with Crippen molar-refractivity contribution < 1.29 is 36.9 Å². The normalized spacial score (nSPS) is 12.9. The van der Waals surface area contributed by atoms with E-state index in [-0.39, 0.29) is 61.6 Å². The van der Waals surface area contributed by atoms with Crippen LogP contribution in [0.1, 0.15) is 70.8 Å². The Morgan fingerprint density at radius 1 is 0.571 bits per heavy atom. The van der Waals surface area contributed by atoms with Crippen LogP contribution in [-0.4, -0.2) is 19.1 Å². The average Bonchev–Trinajstić information content (AvgIpc) is 3.10. The van der Waals surface area contributed by atoms with E-state index in [1.54, 1.807) is 6.26 Å². The standard InChI is InChI=1S/C70H55N5O.Pt/c1-69(2,3)54-29-27-48(28-30-54)50-18-14-19-51(40-50)58-21-15-22-59(53-41-52(47-16-8-7-9-17-47)42-55(43-53)70(4,5)6)66(58)74-45-73(63-24-12-13-25-64(63)74)57-33-36-71-56(44-57)38-46-26-31-61-60-20-10-11-23-62(60)75(65(61)39-46)68-67-49(32-35-72-68)34-37-76-67;/h7-37,40-43H,38H2,1-6H3;/q-2;/i7D,8D,9D,16D,17D;. The van der Waals surface area contributed by atoms with Crippen LogP contribution >= 0.6 is 0 Å². The molecule has 0 aliphatic carbocycles. The molecular formula is C70H55N5OPt-2. The maximum absolute atomic E-state index is 9.10. The Balaban J connectivity index is 0.00000665. The summed E-state index contributed by atoms with van der Waals surface area (Å²) < 4.78 is 56.2. The van der Waals surface area contributed by atoms with E-state index in [0.29, 0.717) is 23.4 Å². The van der Waals surface area contributed by atoms with Crippen LogP contribution < -0.4 is 4.57 Å². The molecule has 0 amide bonds. The molecule has 7 heteroatoms. The van der Waals surface area contributed by atoms with Gasteiger partial charge in [-0.05, 0) is 109 Å². The molecular weight excluding hydrogens is 1120 g/mol. The van der Waals surface area contributed by atoms with E-state index in [1.165, 1.54) is 5.56 Å². The van der Waals surface area contributed by atoms with Gasteiger partial charge in [-0.15, -0.1) is 5.39 Å². The van der Waals surface area contributed by atoms with Gasteiger partial charge in [-0.1, -0.05) is 210 Å². The van der Waals surface area contributed by atoms with Crippen molar-refractivity contribution in [2.45, 2.75) is 58.8 Å². The number of imidazole rings is 1. The van der Waals surface area contributed by atoms with Gasteiger partial charge in [-0.3, -0.25) is 4.57 Å². The zero-order chi connectivity index (χ0) is 56.1. The van der Waals surface area contributed by atoms with E-state index < -0.39 is 6.04 Å². The molecule has 5 aromatic heterocycles. The predicted octanol–water partition coefficient (Wildman–Crippen LogP) is 16.8. The molecule has 0 aliphatic heterocycles. The van der Waals surface area contributed by atoms with Crippen LogP contribution in [0, 0.1) is 18.5 Å². The zero-order valence-corrected chi connectivity index (χ0v) is 45.8. The molecule has 0 saturated heterocycles. The predicted molar refractivity (Wildman–Crippen MR) is 309 cm³/mol. The topological polar surface area (TPSA) is 52.7 Å². The number of nitrogens with zero attached hydrogens (tertiary/aromatic N) is 5. The maximum atomic E-state index is 9.10. The molecule has 6 nitrogen and oxygen atoms in total. The third kappa shape index (κ3) is 9.11. The van der Waals surface area contributed by atoms with Gasteiger partial charge in [0.15, 0.2) is 11.4 Å². The number of hydrogen-bond donors (Lipinski definition) is 0. The number of para-hydroxylation sites is 4. The van der Waals surface area contributed by atoms with E-state index in [9.17, 15) is 0 Å². The number of benzene rings is 8. The van der Waals surface area contributed by atoms with Gasteiger partial charge >= 0.3 is 0 Å². The summed E-state index contributed by atoms with van der Waals surface area (Å²) in [5.74, 6) is 0.701. The number of rotatable bonds is 9. The molecule has 0 atom stereocenters. The van der Waals surface area contributed by atoms with Gasteiger partial charge in [0, 0.05) is 38.2 Å². The maximum Gasteiger partial charge on any atom is 0.267 e. The fraction of sp³-hybridized carbons (Fsp3) is 0.129. The summed E-state index contributed by atoms with van der Waals surface area (Å²) in [4.78, 5) is 9.72. The molecule has 0 aliphatic rings. The van der Waals surface area contributed by atoms with E-state index >= 15 is 0 Å².